The first-order valence-corrected chi connectivity index (χ1v) is 11.4. The quantitative estimate of drug-likeness (QED) is 0.274. The first-order valence-electron chi connectivity index (χ1n) is 11.4. The van der Waals surface area contributed by atoms with Crippen molar-refractivity contribution >= 4 is 5.97 Å². The van der Waals surface area contributed by atoms with Crippen molar-refractivity contribution in [2.24, 2.45) is 5.92 Å². The van der Waals surface area contributed by atoms with E-state index in [9.17, 15) is 4.79 Å². The van der Waals surface area contributed by atoms with Crippen molar-refractivity contribution in [3.63, 3.8) is 0 Å². The maximum atomic E-state index is 11.5. The highest BCUT2D eigenvalue weighted by Crippen LogP contribution is 2.18. The lowest BCUT2D eigenvalue weighted by atomic mass is 9.99. The topological polar surface area (TPSA) is 86.0 Å². The molecule has 2 rings (SSSR count). The van der Waals surface area contributed by atoms with Crippen molar-refractivity contribution < 1.29 is 19.4 Å². The molecule has 2 aliphatic rings. The molecule has 1 N–H and O–H groups in total. The third kappa shape index (κ3) is 10.7. The van der Waals surface area contributed by atoms with Crippen LogP contribution in [0.3, 0.4) is 0 Å². The van der Waals surface area contributed by atoms with Crippen molar-refractivity contribution in [1.82, 2.24) is 9.80 Å². The van der Waals surface area contributed by atoms with Gasteiger partial charge in [0.1, 0.15) is 6.61 Å². The lowest BCUT2D eigenvalue weighted by molar-refractivity contribution is -0.135. The number of carbonyl (C=O) groups excluding carboxylic acids is 1. The molecule has 0 aromatic rings. The average Bonchev–Trinajstić information content (AvgIpc) is 3.21. The molecule has 7 heteroatoms. The molecule has 2 heterocycles. The normalized spacial score (nSPS) is 18.8. The predicted molar refractivity (Wildman–Crippen MR) is 131 cm³/mol. The number of ether oxygens (including phenoxy) is 2. The van der Waals surface area contributed by atoms with E-state index in [-0.39, 0.29) is 5.97 Å². The molecule has 182 valence electrons. The number of methoxy groups -OCH3 is 1. The molecule has 1 atom stereocenters. The molecular formula is C26H39N3O4. The van der Waals surface area contributed by atoms with E-state index in [1.54, 1.807) is 19.3 Å². The molecule has 0 amide bonds. The summed E-state index contributed by atoms with van der Waals surface area (Å²) in [5, 5.41) is 15.7. The van der Waals surface area contributed by atoms with Gasteiger partial charge in [0.05, 0.1) is 24.5 Å². The van der Waals surface area contributed by atoms with Gasteiger partial charge in [-0.15, -0.1) is 0 Å². The highest BCUT2D eigenvalue weighted by atomic mass is 16.5. The molecule has 0 bridgehead atoms. The maximum Gasteiger partial charge on any atom is 0.338 e. The molecule has 33 heavy (non-hydrogen) atoms. The Kier molecular flexibility index (Phi) is 14.5. The van der Waals surface area contributed by atoms with Crippen LogP contribution in [0.4, 0.5) is 0 Å². The fourth-order valence-electron chi connectivity index (χ4n) is 3.81. The molecule has 7 nitrogen and oxygen atoms in total. The summed E-state index contributed by atoms with van der Waals surface area (Å²) in [5.41, 5.74) is 1.50. The second kappa shape index (κ2) is 16.9. The number of aliphatic hydroxyl groups is 1. The Morgan fingerprint density at radius 1 is 1.24 bits per heavy atom. The molecule has 1 fully saturated rings. The minimum Gasteiger partial charge on any atom is -0.502 e. The molecule has 0 spiro atoms. The standard InChI is InChI=1S/C25H35N3O3.CH4O/c1-4-24-23(20-31-25(24)29)10-6-8-13-27-15-17-28(18-16-27)14-11-22(9-5-7-12-26)19-21(2)30-3;1-2/h4-7,10,19,22H,1,8-9,11,13-18,20H2,2-3H3;2H,1H3/b7-5+,10-6+,21-19+;. The largest absolute Gasteiger partial charge is 0.502 e. The predicted octanol–water partition coefficient (Wildman–Crippen LogP) is 3.22. The Bertz CT molecular complexity index is 769. The molecule has 0 aromatic heterocycles. The zero-order valence-electron chi connectivity index (χ0n) is 20.3. The number of rotatable bonds is 12. The number of cyclic esters (lactones) is 1. The number of allylic oxidation sites excluding steroid dienone is 4. The second-order valence-electron chi connectivity index (χ2n) is 7.89. The van der Waals surface area contributed by atoms with Crippen LogP contribution in [-0.2, 0) is 14.3 Å². The van der Waals surface area contributed by atoms with E-state index in [1.165, 1.54) is 0 Å². The third-order valence-corrected chi connectivity index (χ3v) is 5.76. The zero-order chi connectivity index (χ0) is 24.5. The van der Waals surface area contributed by atoms with E-state index in [4.69, 9.17) is 19.8 Å². The number of aliphatic hydroxyl groups excluding tert-OH is 1. The summed E-state index contributed by atoms with van der Waals surface area (Å²) in [6, 6.07) is 2.06. The minimum absolute atomic E-state index is 0.276. The Hall–Kier alpha value is -2.66. The van der Waals surface area contributed by atoms with Gasteiger partial charge < -0.3 is 24.4 Å². The molecular weight excluding hydrogens is 418 g/mol. The molecule has 0 radical (unpaired) electrons. The van der Waals surface area contributed by atoms with Gasteiger partial charge in [-0.3, -0.25) is 0 Å². The van der Waals surface area contributed by atoms with Gasteiger partial charge in [0.15, 0.2) is 0 Å². The highest BCUT2D eigenvalue weighted by molar-refractivity contribution is 5.95. The molecule has 1 unspecified atom stereocenters. The van der Waals surface area contributed by atoms with Crippen LogP contribution in [0, 0.1) is 17.2 Å². The Labute approximate surface area is 199 Å². The summed E-state index contributed by atoms with van der Waals surface area (Å²) in [6.07, 6.45) is 14.2. The average molecular weight is 458 g/mol. The van der Waals surface area contributed by atoms with Crippen LogP contribution in [0.25, 0.3) is 0 Å². The Balaban J connectivity index is 0.00000265. The number of nitrogens with zero attached hydrogens (tertiary/aromatic N) is 3. The summed E-state index contributed by atoms with van der Waals surface area (Å²) >= 11 is 0. The molecule has 0 saturated carbocycles. The van der Waals surface area contributed by atoms with Crippen LogP contribution in [0.5, 0.6) is 0 Å². The summed E-state index contributed by atoms with van der Waals surface area (Å²) < 4.78 is 10.3. The summed E-state index contributed by atoms with van der Waals surface area (Å²) in [6.45, 7) is 12.4. The number of nitriles is 1. The first-order chi connectivity index (χ1) is 16.1. The van der Waals surface area contributed by atoms with Crippen molar-refractivity contribution in [2.45, 2.75) is 26.2 Å². The van der Waals surface area contributed by atoms with Crippen LogP contribution >= 0.6 is 0 Å². The van der Waals surface area contributed by atoms with Crippen molar-refractivity contribution in [3.05, 3.63) is 59.9 Å². The number of piperazine rings is 1. The summed E-state index contributed by atoms with van der Waals surface area (Å²) in [7, 11) is 2.69. The fraction of sp³-hybridized carbons (Fsp3) is 0.538. The highest BCUT2D eigenvalue weighted by Gasteiger charge is 2.20. The number of hydrogen-bond acceptors (Lipinski definition) is 7. The van der Waals surface area contributed by atoms with Crippen molar-refractivity contribution in [3.8, 4) is 6.07 Å². The van der Waals surface area contributed by atoms with Crippen molar-refractivity contribution in [2.75, 3.05) is 60.1 Å². The molecule has 0 aromatic carbocycles. The van der Waals surface area contributed by atoms with Crippen LogP contribution in [0.2, 0.25) is 0 Å². The maximum absolute atomic E-state index is 11.5. The van der Waals surface area contributed by atoms with Gasteiger partial charge in [0, 0.05) is 51.5 Å². The van der Waals surface area contributed by atoms with Gasteiger partial charge in [-0.1, -0.05) is 30.9 Å². The van der Waals surface area contributed by atoms with Crippen LogP contribution in [-0.4, -0.2) is 81.0 Å². The molecule has 2 aliphatic heterocycles. The fourth-order valence-corrected chi connectivity index (χ4v) is 3.81. The monoisotopic (exact) mass is 457 g/mol. The lowest BCUT2D eigenvalue weighted by Crippen LogP contribution is -2.46. The zero-order valence-corrected chi connectivity index (χ0v) is 20.3. The first kappa shape index (κ1) is 28.4. The number of hydrogen-bond donors (Lipinski definition) is 1. The SMILES string of the molecule is C=CC1=C(/C=C/CCN2CCN(CCC(/C=C(\C)OC)C/C=C/C#N)CC2)COC1=O.CO. The Morgan fingerprint density at radius 3 is 2.52 bits per heavy atom. The van der Waals surface area contributed by atoms with Gasteiger partial charge in [0.25, 0.3) is 0 Å². The Morgan fingerprint density at radius 2 is 1.91 bits per heavy atom. The van der Waals surface area contributed by atoms with Gasteiger partial charge in [-0.05, 0) is 44.7 Å². The van der Waals surface area contributed by atoms with E-state index < -0.39 is 0 Å². The van der Waals surface area contributed by atoms with Gasteiger partial charge >= 0.3 is 5.97 Å². The second-order valence-corrected chi connectivity index (χ2v) is 7.89. The van der Waals surface area contributed by atoms with E-state index in [0.717, 1.165) is 77.0 Å². The summed E-state index contributed by atoms with van der Waals surface area (Å²) in [4.78, 5) is 16.5. The van der Waals surface area contributed by atoms with Crippen LogP contribution < -0.4 is 0 Å². The smallest absolute Gasteiger partial charge is 0.338 e. The minimum atomic E-state index is -0.276. The van der Waals surface area contributed by atoms with Gasteiger partial charge in [0.2, 0.25) is 0 Å². The molecule has 0 aliphatic carbocycles. The summed E-state index contributed by atoms with van der Waals surface area (Å²) in [5.74, 6) is 1.04. The number of esters is 1. The third-order valence-electron chi connectivity index (χ3n) is 5.76. The lowest BCUT2D eigenvalue weighted by Gasteiger charge is -2.35. The van der Waals surface area contributed by atoms with E-state index in [0.29, 0.717) is 18.1 Å². The van der Waals surface area contributed by atoms with Gasteiger partial charge in [-0.25, -0.2) is 4.79 Å². The molecule has 1 saturated heterocycles. The van der Waals surface area contributed by atoms with Crippen LogP contribution in [0.1, 0.15) is 26.2 Å². The van der Waals surface area contributed by atoms with E-state index >= 15 is 0 Å². The van der Waals surface area contributed by atoms with Crippen LogP contribution in [0.15, 0.2) is 59.9 Å². The number of carbonyl (C=O) groups is 1. The van der Waals surface area contributed by atoms with E-state index in [1.807, 2.05) is 19.1 Å². The van der Waals surface area contributed by atoms with Crippen molar-refractivity contribution in [1.29, 1.82) is 5.26 Å². The van der Waals surface area contributed by atoms with E-state index in [2.05, 4.69) is 34.6 Å². The van der Waals surface area contributed by atoms with Gasteiger partial charge in [-0.2, -0.15) is 5.26 Å².